The van der Waals surface area contributed by atoms with Crippen molar-refractivity contribution in [2.24, 2.45) is 5.73 Å². The Kier molecular flexibility index (Phi) is 2.58. The lowest BCUT2D eigenvalue weighted by atomic mass is 9.86. The number of nitrogens with two attached hydrogens (primary N) is 1. The van der Waals surface area contributed by atoms with Crippen LogP contribution in [0.3, 0.4) is 0 Å². The third kappa shape index (κ3) is 1.49. The number of fused-ring (bicyclic) bond motifs is 2. The first kappa shape index (κ1) is 9.44. The minimum Gasteiger partial charge on any atom is -0.373 e. The highest BCUT2D eigenvalue weighted by Crippen LogP contribution is 2.38. The van der Waals surface area contributed by atoms with Crippen LogP contribution in [0.2, 0.25) is 0 Å². The van der Waals surface area contributed by atoms with Crippen molar-refractivity contribution in [1.29, 1.82) is 0 Å². The van der Waals surface area contributed by atoms with Gasteiger partial charge in [0, 0.05) is 6.54 Å². The van der Waals surface area contributed by atoms with E-state index < -0.39 is 0 Å². The predicted octanol–water partition coefficient (Wildman–Crippen LogP) is 0.635. The first-order valence-corrected chi connectivity index (χ1v) is 5.41. The van der Waals surface area contributed by atoms with E-state index in [9.17, 15) is 0 Å². The lowest BCUT2D eigenvalue weighted by Crippen LogP contribution is -2.61. The lowest BCUT2D eigenvalue weighted by molar-refractivity contribution is -0.0553. The minimum absolute atomic E-state index is 0.0851. The first-order chi connectivity index (χ1) is 6.30. The van der Waals surface area contributed by atoms with Crippen LogP contribution in [0.25, 0.3) is 0 Å². The molecule has 2 bridgehead atoms. The molecular formula is C10H20N2O. The summed E-state index contributed by atoms with van der Waals surface area (Å²) in [6, 6.07) is 0. The molecule has 0 aliphatic carbocycles. The second kappa shape index (κ2) is 3.56. The average molecular weight is 184 g/mol. The van der Waals surface area contributed by atoms with Gasteiger partial charge in [0.15, 0.2) is 0 Å². The second-order valence-electron chi connectivity index (χ2n) is 4.25. The number of ether oxygens (including phenoxy) is 1. The van der Waals surface area contributed by atoms with Crippen molar-refractivity contribution < 1.29 is 4.74 Å². The van der Waals surface area contributed by atoms with E-state index in [1.807, 2.05) is 0 Å². The van der Waals surface area contributed by atoms with E-state index in [0.29, 0.717) is 18.8 Å². The average Bonchev–Trinajstić information content (AvgIpc) is 2.56. The fourth-order valence-corrected chi connectivity index (χ4v) is 2.76. The molecule has 3 N–H and O–H groups in total. The standard InChI is InChI=1S/C10H20N2O/c1-2-12-10(7-11)6-5-8-3-4-9(10)13-8/h8-9,12H,2-7,11H2,1H3. The molecule has 0 saturated carbocycles. The molecule has 2 rings (SSSR count). The van der Waals surface area contributed by atoms with E-state index in [-0.39, 0.29) is 5.54 Å². The van der Waals surface area contributed by atoms with Gasteiger partial charge in [-0.05, 0) is 32.2 Å². The Morgan fingerprint density at radius 3 is 3.00 bits per heavy atom. The summed E-state index contributed by atoms with van der Waals surface area (Å²) >= 11 is 0. The zero-order valence-corrected chi connectivity index (χ0v) is 8.38. The molecule has 2 heterocycles. The van der Waals surface area contributed by atoms with Crippen LogP contribution in [0, 0.1) is 0 Å². The maximum absolute atomic E-state index is 5.91. The highest BCUT2D eigenvalue weighted by atomic mass is 16.5. The smallest absolute Gasteiger partial charge is 0.0773 e. The first-order valence-electron chi connectivity index (χ1n) is 5.41. The Morgan fingerprint density at radius 2 is 2.31 bits per heavy atom. The van der Waals surface area contributed by atoms with Crippen LogP contribution in [-0.4, -0.2) is 30.8 Å². The molecule has 13 heavy (non-hydrogen) atoms. The van der Waals surface area contributed by atoms with Gasteiger partial charge in [-0.3, -0.25) is 0 Å². The van der Waals surface area contributed by atoms with E-state index in [4.69, 9.17) is 10.5 Å². The zero-order chi connectivity index (χ0) is 9.31. The molecule has 2 aliphatic heterocycles. The van der Waals surface area contributed by atoms with Gasteiger partial charge in [0.2, 0.25) is 0 Å². The zero-order valence-electron chi connectivity index (χ0n) is 8.38. The molecular weight excluding hydrogens is 164 g/mol. The Labute approximate surface area is 80.0 Å². The summed E-state index contributed by atoms with van der Waals surface area (Å²) in [7, 11) is 0. The summed E-state index contributed by atoms with van der Waals surface area (Å²) in [6.07, 6.45) is 5.69. The SMILES string of the molecule is CCNC1(CN)CCC2CCC1O2. The lowest BCUT2D eigenvalue weighted by Gasteiger charge is -2.42. The van der Waals surface area contributed by atoms with Gasteiger partial charge in [-0.25, -0.2) is 0 Å². The van der Waals surface area contributed by atoms with Crippen molar-refractivity contribution in [2.75, 3.05) is 13.1 Å². The maximum atomic E-state index is 5.91. The molecule has 0 spiro atoms. The Balaban J connectivity index is 2.09. The molecule has 76 valence electrons. The number of nitrogens with one attached hydrogen (secondary N) is 1. The van der Waals surface area contributed by atoms with Gasteiger partial charge >= 0.3 is 0 Å². The van der Waals surface area contributed by atoms with E-state index in [0.717, 1.165) is 6.54 Å². The summed E-state index contributed by atoms with van der Waals surface area (Å²) in [5.74, 6) is 0. The Morgan fingerprint density at radius 1 is 1.46 bits per heavy atom. The van der Waals surface area contributed by atoms with Gasteiger partial charge in [0.25, 0.3) is 0 Å². The largest absolute Gasteiger partial charge is 0.373 e. The van der Waals surface area contributed by atoms with Crippen LogP contribution >= 0.6 is 0 Å². The number of hydrogen-bond acceptors (Lipinski definition) is 3. The molecule has 3 unspecified atom stereocenters. The molecule has 0 aromatic heterocycles. The normalized spacial score (nSPS) is 43.8. The second-order valence-corrected chi connectivity index (χ2v) is 4.25. The van der Waals surface area contributed by atoms with Crippen molar-refractivity contribution in [3.63, 3.8) is 0 Å². The predicted molar refractivity (Wildman–Crippen MR) is 52.6 cm³/mol. The van der Waals surface area contributed by atoms with Crippen LogP contribution in [-0.2, 0) is 4.74 Å². The van der Waals surface area contributed by atoms with E-state index in [2.05, 4.69) is 12.2 Å². The molecule has 2 fully saturated rings. The van der Waals surface area contributed by atoms with Crippen LogP contribution in [0.1, 0.15) is 32.6 Å². The van der Waals surface area contributed by atoms with Crippen molar-refractivity contribution in [2.45, 2.75) is 50.4 Å². The quantitative estimate of drug-likeness (QED) is 0.676. The van der Waals surface area contributed by atoms with E-state index >= 15 is 0 Å². The van der Waals surface area contributed by atoms with Gasteiger partial charge in [-0.2, -0.15) is 0 Å². The van der Waals surface area contributed by atoms with Gasteiger partial charge in [0.1, 0.15) is 0 Å². The number of likely N-dealkylation sites (N-methyl/N-ethyl adjacent to an activating group) is 1. The number of rotatable bonds is 3. The summed E-state index contributed by atoms with van der Waals surface area (Å²) in [5.41, 5.74) is 5.95. The molecule has 2 saturated heterocycles. The van der Waals surface area contributed by atoms with Crippen LogP contribution < -0.4 is 11.1 Å². The van der Waals surface area contributed by atoms with Gasteiger partial charge < -0.3 is 15.8 Å². The summed E-state index contributed by atoms with van der Waals surface area (Å²) in [5, 5.41) is 3.53. The third-order valence-corrected chi connectivity index (χ3v) is 3.53. The molecule has 0 radical (unpaired) electrons. The summed E-state index contributed by atoms with van der Waals surface area (Å²) < 4.78 is 5.91. The molecule has 2 aliphatic rings. The highest BCUT2D eigenvalue weighted by Gasteiger charge is 2.46. The van der Waals surface area contributed by atoms with Crippen molar-refractivity contribution in [3.8, 4) is 0 Å². The fourth-order valence-electron chi connectivity index (χ4n) is 2.76. The molecule has 3 atom stereocenters. The third-order valence-electron chi connectivity index (χ3n) is 3.53. The molecule has 3 heteroatoms. The molecule has 0 amide bonds. The minimum atomic E-state index is 0.0851. The van der Waals surface area contributed by atoms with Gasteiger partial charge in [-0.15, -0.1) is 0 Å². The van der Waals surface area contributed by atoms with Crippen molar-refractivity contribution in [1.82, 2.24) is 5.32 Å². The highest BCUT2D eigenvalue weighted by molar-refractivity contribution is 5.03. The van der Waals surface area contributed by atoms with Crippen LogP contribution in [0.15, 0.2) is 0 Å². The van der Waals surface area contributed by atoms with Crippen molar-refractivity contribution in [3.05, 3.63) is 0 Å². The summed E-state index contributed by atoms with van der Waals surface area (Å²) in [4.78, 5) is 0. The topological polar surface area (TPSA) is 47.3 Å². The van der Waals surface area contributed by atoms with Crippen LogP contribution in [0.5, 0.6) is 0 Å². The molecule has 0 aromatic carbocycles. The number of hydrogen-bond donors (Lipinski definition) is 2. The Hall–Kier alpha value is -0.120. The van der Waals surface area contributed by atoms with E-state index in [1.54, 1.807) is 0 Å². The van der Waals surface area contributed by atoms with E-state index in [1.165, 1.54) is 25.7 Å². The van der Waals surface area contributed by atoms with Gasteiger partial charge in [0.05, 0.1) is 17.7 Å². The maximum Gasteiger partial charge on any atom is 0.0773 e. The fraction of sp³-hybridized carbons (Fsp3) is 1.00. The molecule has 3 nitrogen and oxygen atoms in total. The van der Waals surface area contributed by atoms with Crippen LogP contribution in [0.4, 0.5) is 0 Å². The van der Waals surface area contributed by atoms with Gasteiger partial charge in [-0.1, -0.05) is 6.92 Å². The monoisotopic (exact) mass is 184 g/mol. The molecule has 0 aromatic rings. The summed E-state index contributed by atoms with van der Waals surface area (Å²) in [6.45, 7) is 3.83. The Bertz CT molecular complexity index is 186. The van der Waals surface area contributed by atoms with Crippen molar-refractivity contribution >= 4 is 0 Å².